The van der Waals surface area contributed by atoms with Crippen LogP contribution in [-0.2, 0) is 0 Å². The lowest BCUT2D eigenvalue weighted by Crippen LogP contribution is -2.50. The number of amides is 1. The molecule has 2 N–H and O–H groups in total. The average Bonchev–Trinajstić information content (AvgIpc) is 3.35. The first-order chi connectivity index (χ1) is 19.9. The third-order valence-electron chi connectivity index (χ3n) is 7.60. The number of aliphatic hydroxyl groups is 1. The molecule has 1 aromatic heterocycles. The Kier molecular flexibility index (Phi) is 14.3. The number of aliphatic hydroxyl groups excluding tert-OH is 1. The molecule has 238 valence electrons. The maximum atomic E-state index is 13.3. The molecule has 12 heteroatoms. The highest BCUT2D eigenvalue weighted by atomic mass is 35.5. The summed E-state index contributed by atoms with van der Waals surface area (Å²) in [6.45, 7) is 7.90. The van der Waals surface area contributed by atoms with Gasteiger partial charge in [-0.2, -0.15) is 0 Å². The van der Waals surface area contributed by atoms with Gasteiger partial charge in [0.15, 0.2) is 0 Å². The minimum absolute atomic E-state index is 0. The van der Waals surface area contributed by atoms with Crippen molar-refractivity contribution in [3.05, 3.63) is 94.8 Å². The van der Waals surface area contributed by atoms with Crippen LogP contribution in [0.1, 0.15) is 21.7 Å². The van der Waals surface area contributed by atoms with Gasteiger partial charge in [0.1, 0.15) is 17.3 Å². The fourth-order valence-corrected chi connectivity index (χ4v) is 5.48. The molecule has 0 radical (unpaired) electrons. The molecule has 0 spiro atoms. The van der Waals surface area contributed by atoms with Crippen molar-refractivity contribution in [2.24, 2.45) is 0 Å². The highest BCUT2D eigenvalue weighted by molar-refractivity contribution is 6.31. The van der Waals surface area contributed by atoms with Crippen LogP contribution < -0.4 is 15.0 Å². The molecule has 0 bridgehead atoms. The topological polar surface area (TPSA) is 82.9 Å². The molecule has 3 aromatic carbocycles. The number of methoxy groups -OCH3 is 1. The van der Waals surface area contributed by atoms with Gasteiger partial charge in [-0.05, 0) is 55.8 Å². The first-order valence-corrected chi connectivity index (χ1v) is 14.2. The Morgan fingerprint density at radius 2 is 1.61 bits per heavy atom. The van der Waals surface area contributed by atoms with Crippen LogP contribution in [0.4, 0.5) is 5.69 Å². The van der Waals surface area contributed by atoms with Crippen LogP contribution in [0.25, 0.3) is 17.1 Å². The summed E-state index contributed by atoms with van der Waals surface area (Å²) in [5.41, 5.74) is 5.07. The number of hydrogen-bond acceptors (Lipinski definition) is 6. The molecule has 4 aromatic rings. The molecule has 8 nitrogen and oxygen atoms in total. The largest absolute Gasteiger partial charge is 0.497 e. The molecule has 1 atom stereocenters. The Morgan fingerprint density at radius 3 is 2.25 bits per heavy atom. The Hall–Kier alpha value is -2.98. The second-order valence-electron chi connectivity index (χ2n) is 10.3. The molecule has 2 heterocycles. The van der Waals surface area contributed by atoms with Crippen molar-refractivity contribution in [3.8, 4) is 22.8 Å². The van der Waals surface area contributed by atoms with E-state index in [2.05, 4.69) is 21.2 Å². The maximum Gasteiger partial charge on any atom is 0.271 e. The Balaban J connectivity index is 0.00000225. The number of nitrogens with one attached hydrogen (secondary N) is 1. The zero-order valence-electron chi connectivity index (χ0n) is 24.9. The number of anilines is 1. The van der Waals surface area contributed by atoms with Crippen LogP contribution in [0.2, 0.25) is 5.02 Å². The number of hydrogen-bond donors (Lipinski definition) is 2. The summed E-state index contributed by atoms with van der Waals surface area (Å²) >= 11 is 6.31. The minimum atomic E-state index is -0.698. The number of β-amino-alcohol motifs (C(OH)–C–C–N with tert-alkyl or cyclic N) is 1. The van der Waals surface area contributed by atoms with Gasteiger partial charge in [0, 0.05) is 61.2 Å². The normalized spacial score (nSPS) is 13.6. The molecular formula is C32H39Cl4N5O3. The zero-order valence-corrected chi connectivity index (χ0v) is 28.1. The quantitative estimate of drug-likeness (QED) is 0.226. The van der Waals surface area contributed by atoms with E-state index < -0.39 is 6.10 Å². The Labute approximate surface area is 282 Å². The van der Waals surface area contributed by atoms with Crippen LogP contribution in [0.15, 0.2) is 72.8 Å². The van der Waals surface area contributed by atoms with Crippen molar-refractivity contribution in [2.75, 3.05) is 51.3 Å². The van der Waals surface area contributed by atoms with Gasteiger partial charge in [-0.1, -0.05) is 48.0 Å². The number of aromatic nitrogens is 2. The summed E-state index contributed by atoms with van der Waals surface area (Å²) in [5, 5.41) is 14.4. The van der Waals surface area contributed by atoms with E-state index in [9.17, 15) is 9.90 Å². The number of halogens is 4. The number of carbonyl (C=O) groups is 1. The maximum absolute atomic E-state index is 13.3. The molecule has 44 heavy (non-hydrogen) atoms. The third kappa shape index (κ3) is 8.38. The van der Waals surface area contributed by atoms with E-state index in [1.165, 1.54) is 0 Å². The van der Waals surface area contributed by atoms with Gasteiger partial charge in [0.2, 0.25) is 0 Å². The molecule has 1 saturated heterocycles. The second kappa shape index (κ2) is 16.9. The number of benzene rings is 3. The lowest BCUT2D eigenvalue weighted by molar-refractivity contribution is 0.0847. The van der Waals surface area contributed by atoms with Crippen molar-refractivity contribution in [1.29, 1.82) is 0 Å². The fourth-order valence-electron chi connectivity index (χ4n) is 5.31. The molecule has 1 amide bonds. The highest BCUT2D eigenvalue weighted by Gasteiger charge is 2.24. The number of piperazine rings is 1. The number of ether oxygens (including phenoxy) is 1. The van der Waals surface area contributed by atoms with Gasteiger partial charge in [-0.15, -0.1) is 37.2 Å². The number of carbonyl (C=O) groups excluding carboxylic acids is 1. The van der Waals surface area contributed by atoms with E-state index in [-0.39, 0.29) is 49.7 Å². The molecule has 1 aliphatic rings. The van der Waals surface area contributed by atoms with Crippen molar-refractivity contribution >= 4 is 60.4 Å². The van der Waals surface area contributed by atoms with Crippen LogP contribution in [0.5, 0.6) is 5.75 Å². The van der Waals surface area contributed by atoms with Crippen LogP contribution in [0, 0.1) is 13.8 Å². The van der Waals surface area contributed by atoms with E-state index >= 15 is 0 Å². The standard InChI is InChI=1S/C32H36ClN5O3.3ClH/c1-22-28(33)10-7-11-29(22)37-18-16-36(17-19-37)21-26(39)20-34-32(40)30-23(2)38(25-12-14-27(41-3)15-13-25)31(35-30)24-8-5-4-6-9-24;;;/h4-15,26,39H,16-21H2,1-3H3,(H,34,40);3*1H. The highest BCUT2D eigenvalue weighted by Crippen LogP contribution is 2.29. The predicted octanol–water partition coefficient (Wildman–Crippen LogP) is 6.00. The van der Waals surface area contributed by atoms with Gasteiger partial charge in [-0.3, -0.25) is 14.3 Å². The van der Waals surface area contributed by atoms with E-state index in [0.29, 0.717) is 23.8 Å². The summed E-state index contributed by atoms with van der Waals surface area (Å²) in [7, 11) is 1.63. The van der Waals surface area contributed by atoms with Crippen molar-refractivity contribution in [1.82, 2.24) is 19.8 Å². The van der Waals surface area contributed by atoms with E-state index in [4.69, 9.17) is 21.3 Å². The third-order valence-corrected chi connectivity index (χ3v) is 8.01. The first kappa shape index (κ1) is 37.2. The van der Waals surface area contributed by atoms with Crippen LogP contribution in [0.3, 0.4) is 0 Å². The minimum Gasteiger partial charge on any atom is -0.497 e. The van der Waals surface area contributed by atoms with Crippen molar-refractivity contribution < 1.29 is 14.6 Å². The van der Waals surface area contributed by atoms with E-state index in [1.54, 1.807) is 7.11 Å². The van der Waals surface area contributed by atoms with Gasteiger partial charge in [0.25, 0.3) is 5.91 Å². The van der Waals surface area contributed by atoms with Crippen LogP contribution >= 0.6 is 48.8 Å². The zero-order chi connectivity index (χ0) is 28.9. The lowest BCUT2D eigenvalue weighted by atomic mass is 10.1. The van der Waals surface area contributed by atoms with Crippen molar-refractivity contribution in [3.63, 3.8) is 0 Å². The molecule has 5 rings (SSSR count). The van der Waals surface area contributed by atoms with Gasteiger partial charge in [0.05, 0.1) is 18.9 Å². The summed E-state index contributed by atoms with van der Waals surface area (Å²) < 4.78 is 7.29. The van der Waals surface area contributed by atoms with Crippen molar-refractivity contribution in [2.45, 2.75) is 20.0 Å². The van der Waals surface area contributed by atoms with Gasteiger partial charge in [-0.25, -0.2) is 4.98 Å². The van der Waals surface area contributed by atoms with Gasteiger partial charge >= 0.3 is 0 Å². The van der Waals surface area contributed by atoms with E-state index in [1.807, 2.05) is 85.1 Å². The predicted molar refractivity (Wildman–Crippen MR) is 185 cm³/mol. The molecule has 0 saturated carbocycles. The second-order valence-corrected chi connectivity index (χ2v) is 10.7. The summed E-state index contributed by atoms with van der Waals surface area (Å²) in [6.07, 6.45) is -0.698. The lowest BCUT2D eigenvalue weighted by Gasteiger charge is -2.37. The summed E-state index contributed by atoms with van der Waals surface area (Å²) in [5.74, 6) is 1.11. The Bertz CT molecular complexity index is 1490. The smallest absolute Gasteiger partial charge is 0.271 e. The molecule has 1 aliphatic heterocycles. The molecule has 1 unspecified atom stereocenters. The molecule has 0 aliphatic carbocycles. The first-order valence-electron chi connectivity index (χ1n) is 13.8. The average molecular weight is 684 g/mol. The molecular weight excluding hydrogens is 644 g/mol. The van der Waals surface area contributed by atoms with Gasteiger partial charge < -0.3 is 20.1 Å². The molecule has 1 fully saturated rings. The number of nitrogens with zero attached hydrogens (tertiary/aromatic N) is 4. The number of imidazole rings is 1. The monoisotopic (exact) mass is 681 g/mol. The number of rotatable bonds is 9. The van der Waals surface area contributed by atoms with E-state index in [0.717, 1.165) is 59.5 Å². The fraction of sp³-hybridized carbons (Fsp3) is 0.312. The summed E-state index contributed by atoms with van der Waals surface area (Å²) in [4.78, 5) is 22.6. The van der Waals surface area contributed by atoms with Crippen LogP contribution in [-0.4, -0.2) is 77.9 Å². The Morgan fingerprint density at radius 1 is 0.955 bits per heavy atom. The SMILES string of the molecule is COc1ccc(-n2c(-c3ccccc3)nc(C(=O)NCC(O)CN3CCN(c4cccc(Cl)c4C)CC3)c2C)cc1.Cl.Cl.Cl. The summed E-state index contributed by atoms with van der Waals surface area (Å²) in [6, 6.07) is 23.4.